The summed E-state index contributed by atoms with van der Waals surface area (Å²) in [5.41, 5.74) is 2.28. The van der Waals surface area contributed by atoms with Gasteiger partial charge in [0.15, 0.2) is 5.11 Å². The van der Waals surface area contributed by atoms with Gasteiger partial charge in [0.05, 0.1) is 10.2 Å². The van der Waals surface area contributed by atoms with Crippen molar-refractivity contribution in [3.63, 3.8) is 0 Å². The molecule has 2 N–H and O–H groups in total. The Morgan fingerprint density at radius 1 is 1.23 bits per heavy atom. The van der Waals surface area contributed by atoms with Crippen LogP contribution in [0, 0.1) is 6.92 Å². The lowest BCUT2D eigenvalue weighted by Crippen LogP contribution is -2.41. The zero-order chi connectivity index (χ0) is 18.7. The van der Waals surface area contributed by atoms with Crippen LogP contribution in [-0.2, 0) is 5.41 Å². The van der Waals surface area contributed by atoms with Gasteiger partial charge in [-0.2, -0.15) is 0 Å². The zero-order valence-electron chi connectivity index (χ0n) is 14.4. The third-order valence-electron chi connectivity index (χ3n) is 4.92. The highest BCUT2D eigenvalue weighted by atomic mass is 79.9. The summed E-state index contributed by atoms with van der Waals surface area (Å²) in [6.07, 6.45) is 4.74. The molecule has 1 saturated carbocycles. The third kappa shape index (κ3) is 4.58. The van der Waals surface area contributed by atoms with Crippen LogP contribution >= 0.6 is 55.7 Å². The van der Waals surface area contributed by atoms with Gasteiger partial charge >= 0.3 is 0 Å². The summed E-state index contributed by atoms with van der Waals surface area (Å²) in [6, 6.07) is 10.2. The molecule has 1 aliphatic carbocycles. The molecule has 26 heavy (non-hydrogen) atoms. The van der Waals surface area contributed by atoms with Crippen molar-refractivity contribution >= 4 is 66.6 Å². The number of aromatic nitrogens is 1. The van der Waals surface area contributed by atoms with E-state index in [4.69, 9.17) is 23.8 Å². The second-order valence-corrected chi connectivity index (χ2v) is 9.24. The van der Waals surface area contributed by atoms with Gasteiger partial charge in [0.25, 0.3) is 0 Å². The molecule has 1 aromatic carbocycles. The largest absolute Gasteiger partial charge is 0.362 e. The Morgan fingerprint density at radius 3 is 2.65 bits per heavy atom. The topological polar surface area (TPSA) is 37.0 Å². The van der Waals surface area contributed by atoms with Crippen LogP contribution in [0.25, 0.3) is 0 Å². The lowest BCUT2D eigenvalue weighted by atomic mass is 9.79. The molecular formula is C19H20Br2ClN3S. The normalized spacial score (nSPS) is 15.7. The molecule has 1 fully saturated rings. The van der Waals surface area contributed by atoms with Gasteiger partial charge in [-0.3, -0.25) is 0 Å². The van der Waals surface area contributed by atoms with Crippen molar-refractivity contribution in [3.05, 3.63) is 55.6 Å². The Hall–Kier alpha value is -0.690. The average molecular weight is 518 g/mol. The maximum Gasteiger partial charge on any atom is 0.172 e. The predicted molar refractivity (Wildman–Crippen MR) is 120 cm³/mol. The summed E-state index contributed by atoms with van der Waals surface area (Å²) in [4.78, 5) is 4.53. The molecule has 1 aliphatic rings. The van der Waals surface area contributed by atoms with E-state index in [0.29, 0.717) is 10.9 Å². The van der Waals surface area contributed by atoms with Crippen molar-refractivity contribution in [2.24, 2.45) is 0 Å². The molecular weight excluding hydrogens is 498 g/mol. The molecule has 7 heteroatoms. The van der Waals surface area contributed by atoms with Crippen LogP contribution in [0.2, 0.25) is 5.02 Å². The van der Waals surface area contributed by atoms with Gasteiger partial charge in [-0.15, -0.1) is 0 Å². The van der Waals surface area contributed by atoms with Crippen molar-refractivity contribution in [3.8, 4) is 0 Å². The second kappa shape index (κ2) is 8.55. The summed E-state index contributed by atoms with van der Waals surface area (Å²) in [5.74, 6) is 0.714. The summed E-state index contributed by atoms with van der Waals surface area (Å²) in [6.45, 7) is 2.73. The van der Waals surface area contributed by atoms with Crippen molar-refractivity contribution < 1.29 is 0 Å². The molecule has 3 rings (SSSR count). The number of halogens is 3. The van der Waals surface area contributed by atoms with E-state index in [9.17, 15) is 0 Å². The van der Waals surface area contributed by atoms with Crippen LogP contribution in [0.4, 0.5) is 5.82 Å². The molecule has 0 atom stereocenters. The molecule has 0 radical (unpaired) electrons. The highest BCUT2D eigenvalue weighted by molar-refractivity contribution is 9.11. The summed E-state index contributed by atoms with van der Waals surface area (Å²) in [7, 11) is 0. The van der Waals surface area contributed by atoms with E-state index >= 15 is 0 Å². The van der Waals surface area contributed by atoms with Crippen LogP contribution in [-0.4, -0.2) is 16.6 Å². The van der Waals surface area contributed by atoms with E-state index in [-0.39, 0.29) is 5.41 Å². The molecule has 138 valence electrons. The Balaban J connectivity index is 1.70. The molecule has 0 spiro atoms. The standard InChI is InChI=1S/C19H20Br2ClN3S/c1-12-15(20)10-16(21)17(24-12)25-18(26)23-11-19(7-2-3-8-19)13-5-4-6-14(22)9-13/h4-6,9-10H,2-3,7-8,11H2,1H3,(H2,23,24,25,26). The Morgan fingerprint density at radius 2 is 1.96 bits per heavy atom. The number of rotatable bonds is 4. The number of aryl methyl sites for hydroxylation is 1. The number of thiocarbonyl (C=S) groups is 1. The zero-order valence-corrected chi connectivity index (χ0v) is 19.2. The number of pyridine rings is 1. The maximum atomic E-state index is 6.22. The van der Waals surface area contributed by atoms with Gasteiger partial charge in [-0.1, -0.05) is 36.6 Å². The third-order valence-corrected chi connectivity index (χ3v) is 6.81. The second-order valence-electron chi connectivity index (χ2n) is 6.69. The number of nitrogens with one attached hydrogen (secondary N) is 2. The van der Waals surface area contributed by atoms with E-state index in [1.807, 2.05) is 25.1 Å². The Bertz CT molecular complexity index is 822. The van der Waals surface area contributed by atoms with Crippen LogP contribution < -0.4 is 10.6 Å². The molecule has 2 aromatic rings. The molecule has 0 bridgehead atoms. The predicted octanol–water partition coefficient (Wildman–Crippen LogP) is 6.37. The molecule has 1 aromatic heterocycles. The van der Waals surface area contributed by atoms with E-state index in [1.54, 1.807) is 0 Å². The lowest BCUT2D eigenvalue weighted by molar-refractivity contribution is 0.435. The highest BCUT2D eigenvalue weighted by Crippen LogP contribution is 2.41. The number of hydrogen-bond donors (Lipinski definition) is 2. The number of hydrogen-bond acceptors (Lipinski definition) is 2. The fraction of sp³-hybridized carbons (Fsp3) is 0.368. The van der Waals surface area contributed by atoms with Crippen molar-refractivity contribution in [2.75, 3.05) is 11.9 Å². The molecule has 0 aliphatic heterocycles. The lowest BCUT2D eigenvalue weighted by Gasteiger charge is -2.31. The smallest absolute Gasteiger partial charge is 0.172 e. The van der Waals surface area contributed by atoms with E-state index in [1.165, 1.54) is 18.4 Å². The minimum Gasteiger partial charge on any atom is -0.362 e. The van der Waals surface area contributed by atoms with Gasteiger partial charge in [-0.05, 0) is 87.6 Å². The minimum absolute atomic E-state index is 0.0803. The van der Waals surface area contributed by atoms with Crippen LogP contribution in [0.5, 0.6) is 0 Å². The Kier molecular flexibility index (Phi) is 6.59. The number of anilines is 1. The monoisotopic (exact) mass is 515 g/mol. The first-order chi connectivity index (χ1) is 12.4. The molecule has 0 amide bonds. The summed E-state index contributed by atoms with van der Waals surface area (Å²) >= 11 is 18.7. The first-order valence-electron chi connectivity index (χ1n) is 8.53. The van der Waals surface area contributed by atoms with Gasteiger partial charge in [-0.25, -0.2) is 4.98 Å². The van der Waals surface area contributed by atoms with Crippen molar-refractivity contribution in [1.82, 2.24) is 10.3 Å². The van der Waals surface area contributed by atoms with Gasteiger partial charge in [0.2, 0.25) is 0 Å². The fourth-order valence-corrected chi connectivity index (χ4v) is 4.89. The van der Waals surface area contributed by atoms with Crippen LogP contribution in [0.15, 0.2) is 39.3 Å². The van der Waals surface area contributed by atoms with Gasteiger partial charge in [0, 0.05) is 21.5 Å². The summed E-state index contributed by atoms with van der Waals surface area (Å²) in [5, 5.41) is 7.96. The highest BCUT2D eigenvalue weighted by Gasteiger charge is 2.35. The average Bonchev–Trinajstić information content (AvgIpc) is 3.08. The molecule has 0 unspecified atom stereocenters. The van der Waals surface area contributed by atoms with Gasteiger partial charge < -0.3 is 10.6 Å². The first kappa shape index (κ1) is 20.1. The number of benzene rings is 1. The SMILES string of the molecule is Cc1nc(NC(=S)NCC2(c3cccc(Cl)c3)CCCC2)c(Br)cc1Br. The number of nitrogens with zero attached hydrogens (tertiary/aromatic N) is 1. The Labute approximate surface area is 181 Å². The van der Waals surface area contributed by atoms with Crippen LogP contribution in [0.1, 0.15) is 36.9 Å². The maximum absolute atomic E-state index is 6.22. The quantitative estimate of drug-likeness (QED) is 0.463. The van der Waals surface area contributed by atoms with Gasteiger partial charge in [0.1, 0.15) is 5.82 Å². The molecule has 0 saturated heterocycles. The molecule has 1 heterocycles. The fourth-order valence-electron chi connectivity index (χ4n) is 3.49. The first-order valence-corrected chi connectivity index (χ1v) is 10.9. The van der Waals surface area contributed by atoms with E-state index < -0.39 is 0 Å². The van der Waals surface area contributed by atoms with Crippen LogP contribution in [0.3, 0.4) is 0 Å². The molecule has 3 nitrogen and oxygen atoms in total. The van der Waals surface area contributed by atoms with Crippen molar-refractivity contribution in [2.45, 2.75) is 38.0 Å². The van der Waals surface area contributed by atoms with Crippen molar-refractivity contribution in [1.29, 1.82) is 0 Å². The minimum atomic E-state index is 0.0803. The summed E-state index contributed by atoms with van der Waals surface area (Å²) < 4.78 is 1.82. The van der Waals surface area contributed by atoms with E-state index in [0.717, 1.165) is 39.0 Å². The van der Waals surface area contributed by atoms with E-state index in [2.05, 4.69) is 59.6 Å².